The van der Waals surface area contributed by atoms with E-state index in [9.17, 15) is 9.59 Å². The van der Waals surface area contributed by atoms with E-state index in [-0.39, 0.29) is 11.6 Å². The molecule has 5 heteroatoms. The average molecular weight is 262 g/mol. The van der Waals surface area contributed by atoms with Crippen LogP contribution in [0.25, 0.3) is 0 Å². The minimum Gasteiger partial charge on any atom is -0.478 e. The first-order valence-corrected chi connectivity index (χ1v) is 6.52. The molecule has 1 saturated heterocycles. The summed E-state index contributed by atoms with van der Waals surface area (Å²) < 4.78 is 0. The lowest BCUT2D eigenvalue weighted by atomic mass is 10.2. The number of benzene rings is 1. The first-order chi connectivity index (χ1) is 9.11. The van der Waals surface area contributed by atoms with E-state index in [1.807, 2.05) is 4.90 Å². The lowest BCUT2D eigenvalue weighted by Crippen LogP contribution is -2.38. The number of hydrogen-bond donors (Lipinski definition) is 2. The molecular weight excluding hydrogens is 244 g/mol. The maximum Gasteiger partial charge on any atom is 0.335 e. The minimum absolute atomic E-state index is 0.104. The van der Waals surface area contributed by atoms with Crippen molar-refractivity contribution in [1.29, 1.82) is 0 Å². The molecule has 1 fully saturated rings. The van der Waals surface area contributed by atoms with E-state index in [0.717, 1.165) is 25.8 Å². The molecule has 0 bridgehead atoms. The Balaban J connectivity index is 2.00. The fraction of sp³-hybridized carbons (Fsp3) is 0.429. The highest BCUT2D eigenvalue weighted by Crippen LogP contribution is 2.21. The third-order valence-electron chi connectivity index (χ3n) is 3.49. The van der Waals surface area contributed by atoms with Crippen molar-refractivity contribution in [3.63, 3.8) is 0 Å². The molecule has 102 valence electrons. The lowest BCUT2D eigenvalue weighted by Gasteiger charge is -2.23. The van der Waals surface area contributed by atoms with Crippen LogP contribution in [0.15, 0.2) is 24.3 Å². The number of rotatable bonds is 3. The van der Waals surface area contributed by atoms with Gasteiger partial charge in [0.25, 0.3) is 0 Å². The van der Waals surface area contributed by atoms with E-state index >= 15 is 0 Å². The topological polar surface area (TPSA) is 69.6 Å². The molecule has 0 saturated carbocycles. The second kappa shape index (κ2) is 5.73. The Morgan fingerprint density at radius 1 is 1.37 bits per heavy atom. The number of urea groups is 1. The van der Waals surface area contributed by atoms with Crippen LogP contribution in [0.4, 0.5) is 10.5 Å². The van der Waals surface area contributed by atoms with Crippen molar-refractivity contribution in [3.8, 4) is 0 Å². The molecule has 1 heterocycles. The second-order valence-corrected chi connectivity index (χ2v) is 4.71. The van der Waals surface area contributed by atoms with Crippen molar-refractivity contribution in [2.45, 2.75) is 32.2 Å². The van der Waals surface area contributed by atoms with E-state index in [0.29, 0.717) is 11.7 Å². The standard InChI is InChI=1S/C14H18N2O3/c1-2-12-4-3-9-16(12)14(19)15-11-7-5-10(6-8-11)13(17)18/h5-8,12H,2-4,9H2,1H3,(H,15,19)(H,17,18). The van der Waals surface area contributed by atoms with E-state index < -0.39 is 5.97 Å². The molecule has 19 heavy (non-hydrogen) atoms. The van der Waals surface area contributed by atoms with Crippen LogP contribution in [0.5, 0.6) is 0 Å². The predicted octanol–water partition coefficient (Wildman–Crippen LogP) is 2.79. The van der Waals surface area contributed by atoms with Crippen LogP contribution < -0.4 is 5.32 Å². The van der Waals surface area contributed by atoms with Crippen molar-refractivity contribution in [3.05, 3.63) is 29.8 Å². The second-order valence-electron chi connectivity index (χ2n) is 4.71. The van der Waals surface area contributed by atoms with Gasteiger partial charge in [0.2, 0.25) is 0 Å². The number of carbonyl (C=O) groups excluding carboxylic acids is 1. The molecule has 0 spiro atoms. The molecule has 1 aromatic carbocycles. The number of nitrogens with zero attached hydrogens (tertiary/aromatic N) is 1. The number of amides is 2. The zero-order valence-corrected chi connectivity index (χ0v) is 10.9. The van der Waals surface area contributed by atoms with E-state index in [1.165, 1.54) is 12.1 Å². The number of aromatic carboxylic acids is 1. The summed E-state index contributed by atoms with van der Waals surface area (Å²) in [6.45, 7) is 2.87. The number of nitrogens with one attached hydrogen (secondary N) is 1. The Bertz CT molecular complexity index is 470. The van der Waals surface area contributed by atoms with Gasteiger partial charge in [0.05, 0.1) is 5.56 Å². The maximum absolute atomic E-state index is 12.1. The van der Waals surface area contributed by atoms with Crippen molar-refractivity contribution in [1.82, 2.24) is 4.90 Å². The Labute approximate surface area is 112 Å². The predicted molar refractivity (Wildman–Crippen MR) is 72.4 cm³/mol. The van der Waals surface area contributed by atoms with Crippen LogP contribution in [-0.2, 0) is 0 Å². The fourth-order valence-corrected chi connectivity index (χ4v) is 2.42. The van der Waals surface area contributed by atoms with Crippen LogP contribution in [0.2, 0.25) is 0 Å². The Morgan fingerprint density at radius 2 is 2.05 bits per heavy atom. The molecular formula is C14H18N2O3. The number of carboxylic acids is 1. The Morgan fingerprint density at radius 3 is 2.63 bits per heavy atom. The smallest absolute Gasteiger partial charge is 0.335 e. The molecule has 0 aliphatic carbocycles. The van der Waals surface area contributed by atoms with Gasteiger partial charge in [0.1, 0.15) is 0 Å². The summed E-state index contributed by atoms with van der Waals surface area (Å²) in [5.41, 5.74) is 0.836. The Hall–Kier alpha value is -2.04. The molecule has 1 aliphatic rings. The normalized spacial score (nSPS) is 18.4. The maximum atomic E-state index is 12.1. The van der Waals surface area contributed by atoms with Crippen molar-refractivity contribution in [2.75, 3.05) is 11.9 Å². The summed E-state index contributed by atoms with van der Waals surface area (Å²) in [7, 11) is 0. The molecule has 1 unspecified atom stereocenters. The third kappa shape index (κ3) is 3.05. The zero-order valence-electron chi connectivity index (χ0n) is 10.9. The monoisotopic (exact) mass is 262 g/mol. The molecule has 0 radical (unpaired) electrons. The van der Waals surface area contributed by atoms with Gasteiger partial charge in [-0.1, -0.05) is 6.92 Å². The van der Waals surface area contributed by atoms with Crippen molar-refractivity contribution in [2.24, 2.45) is 0 Å². The SMILES string of the molecule is CCC1CCCN1C(=O)Nc1ccc(C(=O)O)cc1. The molecule has 1 atom stereocenters. The van der Waals surface area contributed by atoms with Gasteiger partial charge in [0, 0.05) is 18.3 Å². The summed E-state index contributed by atoms with van der Waals surface area (Å²) in [5.74, 6) is -0.969. The van der Waals surface area contributed by atoms with Gasteiger partial charge in [-0.15, -0.1) is 0 Å². The van der Waals surface area contributed by atoms with E-state index in [2.05, 4.69) is 12.2 Å². The minimum atomic E-state index is -0.969. The highest BCUT2D eigenvalue weighted by atomic mass is 16.4. The zero-order chi connectivity index (χ0) is 13.8. The Kier molecular flexibility index (Phi) is 4.04. The number of likely N-dealkylation sites (tertiary alicyclic amines) is 1. The van der Waals surface area contributed by atoms with Gasteiger partial charge < -0.3 is 15.3 Å². The summed E-state index contributed by atoms with van der Waals surface area (Å²) >= 11 is 0. The van der Waals surface area contributed by atoms with Gasteiger partial charge in [-0.05, 0) is 43.5 Å². The molecule has 2 N–H and O–H groups in total. The summed E-state index contributed by atoms with van der Waals surface area (Å²) in [6, 6.07) is 6.40. The lowest BCUT2D eigenvalue weighted by molar-refractivity contribution is 0.0697. The van der Waals surface area contributed by atoms with Crippen LogP contribution >= 0.6 is 0 Å². The van der Waals surface area contributed by atoms with Gasteiger partial charge in [0.15, 0.2) is 0 Å². The number of carboxylic acid groups (broad SMARTS) is 1. The first-order valence-electron chi connectivity index (χ1n) is 6.52. The molecule has 1 aromatic rings. The van der Waals surface area contributed by atoms with Gasteiger partial charge >= 0.3 is 12.0 Å². The quantitative estimate of drug-likeness (QED) is 0.880. The van der Waals surface area contributed by atoms with Gasteiger partial charge in [-0.2, -0.15) is 0 Å². The molecule has 2 rings (SSSR count). The van der Waals surface area contributed by atoms with Crippen LogP contribution in [0, 0.1) is 0 Å². The number of carbonyl (C=O) groups is 2. The number of anilines is 1. The van der Waals surface area contributed by atoms with Crippen LogP contribution in [-0.4, -0.2) is 34.6 Å². The average Bonchev–Trinajstić information content (AvgIpc) is 2.87. The van der Waals surface area contributed by atoms with Crippen LogP contribution in [0.1, 0.15) is 36.5 Å². The first kappa shape index (κ1) is 13.4. The molecule has 5 nitrogen and oxygen atoms in total. The molecule has 2 amide bonds. The summed E-state index contributed by atoms with van der Waals surface area (Å²) in [4.78, 5) is 24.7. The third-order valence-corrected chi connectivity index (χ3v) is 3.49. The van der Waals surface area contributed by atoms with E-state index in [1.54, 1.807) is 12.1 Å². The fourth-order valence-electron chi connectivity index (χ4n) is 2.42. The van der Waals surface area contributed by atoms with Crippen LogP contribution in [0.3, 0.4) is 0 Å². The summed E-state index contributed by atoms with van der Waals surface area (Å²) in [6.07, 6.45) is 3.07. The largest absolute Gasteiger partial charge is 0.478 e. The molecule has 0 aromatic heterocycles. The van der Waals surface area contributed by atoms with Crippen molar-refractivity contribution >= 4 is 17.7 Å². The van der Waals surface area contributed by atoms with Gasteiger partial charge in [-0.3, -0.25) is 0 Å². The van der Waals surface area contributed by atoms with E-state index in [4.69, 9.17) is 5.11 Å². The number of hydrogen-bond acceptors (Lipinski definition) is 2. The van der Waals surface area contributed by atoms with Crippen molar-refractivity contribution < 1.29 is 14.7 Å². The molecule has 1 aliphatic heterocycles. The van der Waals surface area contributed by atoms with Gasteiger partial charge in [-0.25, -0.2) is 9.59 Å². The highest BCUT2D eigenvalue weighted by molar-refractivity contribution is 5.91. The highest BCUT2D eigenvalue weighted by Gasteiger charge is 2.27. The summed E-state index contributed by atoms with van der Waals surface area (Å²) in [5, 5.41) is 11.6.